The fourth-order valence-electron chi connectivity index (χ4n) is 1.39. The number of hydrogen-bond acceptors (Lipinski definition) is 2. The Hall–Kier alpha value is -1.16. The molecule has 4 heteroatoms. The van der Waals surface area contributed by atoms with Gasteiger partial charge in [0.2, 0.25) is 0 Å². The zero-order valence-electron chi connectivity index (χ0n) is 12.6. The Bertz CT molecular complexity index is 476. The van der Waals surface area contributed by atoms with Crippen LogP contribution < -0.4 is 4.43 Å². The summed E-state index contributed by atoms with van der Waals surface area (Å²) in [4.78, 5) is 11.5. The molecule has 0 saturated carbocycles. The van der Waals surface area contributed by atoms with Gasteiger partial charge < -0.3 is 4.43 Å². The first-order chi connectivity index (χ1) is 8.58. The van der Waals surface area contributed by atoms with E-state index in [9.17, 15) is 9.18 Å². The molecule has 0 heterocycles. The molecule has 1 rings (SSSR count). The lowest BCUT2D eigenvalue weighted by Crippen LogP contribution is -2.44. The molecule has 0 amide bonds. The Morgan fingerprint density at radius 3 is 2.32 bits per heavy atom. The minimum Gasteiger partial charge on any atom is -0.542 e. The molecular formula is C15H23FO2Si. The predicted octanol–water partition coefficient (Wildman–Crippen LogP) is 4.80. The maximum atomic E-state index is 14.0. The van der Waals surface area contributed by atoms with Gasteiger partial charge in [-0.05, 0) is 36.3 Å². The fraction of sp³-hybridized carbons (Fsp3) is 0.533. The molecule has 106 valence electrons. The lowest BCUT2D eigenvalue weighted by molar-refractivity contribution is 0.0987. The van der Waals surface area contributed by atoms with Crippen LogP contribution in [0.4, 0.5) is 4.39 Å². The van der Waals surface area contributed by atoms with E-state index in [4.69, 9.17) is 4.43 Å². The molecule has 0 saturated heterocycles. The number of halogens is 1. The number of rotatable bonds is 4. The normalized spacial score (nSPS) is 12.4. The highest BCUT2D eigenvalue weighted by Crippen LogP contribution is 2.38. The predicted molar refractivity (Wildman–Crippen MR) is 78.8 cm³/mol. The average molecular weight is 282 g/mol. The van der Waals surface area contributed by atoms with Crippen molar-refractivity contribution in [3.8, 4) is 5.75 Å². The van der Waals surface area contributed by atoms with E-state index >= 15 is 0 Å². The number of benzene rings is 1. The molecular weight excluding hydrogens is 259 g/mol. The van der Waals surface area contributed by atoms with Crippen molar-refractivity contribution in [2.75, 3.05) is 0 Å². The summed E-state index contributed by atoms with van der Waals surface area (Å²) >= 11 is 0. The average Bonchev–Trinajstić information content (AvgIpc) is 2.29. The Morgan fingerprint density at radius 2 is 1.89 bits per heavy atom. The van der Waals surface area contributed by atoms with E-state index in [1.807, 2.05) is 0 Å². The molecule has 0 radical (unpaired) electrons. The van der Waals surface area contributed by atoms with Crippen molar-refractivity contribution in [1.29, 1.82) is 0 Å². The number of hydrogen-bond donors (Lipinski definition) is 0. The van der Waals surface area contributed by atoms with E-state index in [0.29, 0.717) is 12.0 Å². The van der Waals surface area contributed by atoms with Crippen LogP contribution in [-0.4, -0.2) is 14.1 Å². The van der Waals surface area contributed by atoms with Crippen LogP contribution in [0.25, 0.3) is 0 Å². The van der Waals surface area contributed by atoms with E-state index in [1.54, 1.807) is 19.1 Å². The van der Waals surface area contributed by atoms with Gasteiger partial charge in [-0.3, -0.25) is 4.79 Å². The van der Waals surface area contributed by atoms with Gasteiger partial charge in [0.25, 0.3) is 8.32 Å². The van der Waals surface area contributed by atoms with Crippen molar-refractivity contribution in [2.45, 2.75) is 52.2 Å². The first-order valence-electron chi connectivity index (χ1n) is 6.60. The first kappa shape index (κ1) is 15.9. The van der Waals surface area contributed by atoms with Crippen LogP contribution in [0.3, 0.4) is 0 Å². The van der Waals surface area contributed by atoms with Gasteiger partial charge in [0.1, 0.15) is 5.75 Å². The molecule has 0 aromatic heterocycles. The van der Waals surface area contributed by atoms with Crippen molar-refractivity contribution >= 4 is 14.1 Å². The summed E-state index contributed by atoms with van der Waals surface area (Å²) in [6.45, 7) is 12.2. The molecule has 0 N–H and O–H groups in total. The number of ketones is 1. The minimum absolute atomic E-state index is 0.0113. The highest BCUT2D eigenvalue weighted by molar-refractivity contribution is 6.74. The number of carbonyl (C=O) groups excluding carboxylic acids is 1. The second kappa shape index (κ2) is 5.45. The summed E-state index contributed by atoms with van der Waals surface area (Å²) in [5.74, 6) is -0.263. The molecule has 1 aromatic rings. The van der Waals surface area contributed by atoms with E-state index in [1.165, 1.54) is 6.07 Å². The Kier molecular flexibility index (Phi) is 4.56. The van der Waals surface area contributed by atoms with Crippen LogP contribution in [0.5, 0.6) is 5.75 Å². The summed E-state index contributed by atoms with van der Waals surface area (Å²) in [5.41, 5.74) is 0.405. The second-order valence-electron chi connectivity index (χ2n) is 6.28. The number of Topliss-reactive ketones (excluding diaryl/α,β-unsaturated/α-hetero) is 1. The van der Waals surface area contributed by atoms with Gasteiger partial charge in [-0.1, -0.05) is 27.7 Å². The van der Waals surface area contributed by atoms with E-state index < -0.39 is 14.1 Å². The molecule has 0 unspecified atom stereocenters. The maximum absolute atomic E-state index is 14.0. The molecule has 0 fully saturated rings. The lowest BCUT2D eigenvalue weighted by Gasteiger charge is -2.36. The molecule has 0 aliphatic carbocycles. The van der Waals surface area contributed by atoms with Gasteiger partial charge in [0, 0.05) is 12.0 Å². The third kappa shape index (κ3) is 3.66. The van der Waals surface area contributed by atoms with Crippen LogP contribution in [0.1, 0.15) is 44.5 Å². The molecule has 19 heavy (non-hydrogen) atoms. The highest BCUT2D eigenvalue weighted by atomic mass is 28.4. The van der Waals surface area contributed by atoms with Crippen LogP contribution in [0.15, 0.2) is 18.2 Å². The molecule has 0 bridgehead atoms. The van der Waals surface area contributed by atoms with Gasteiger partial charge in [-0.25, -0.2) is 4.39 Å². The summed E-state index contributed by atoms with van der Waals surface area (Å²) in [5, 5.41) is 0.0113. The van der Waals surface area contributed by atoms with E-state index in [0.717, 1.165) is 0 Å². The third-order valence-corrected chi connectivity index (χ3v) is 8.09. The van der Waals surface area contributed by atoms with Crippen molar-refractivity contribution in [3.63, 3.8) is 0 Å². The van der Waals surface area contributed by atoms with Gasteiger partial charge >= 0.3 is 0 Å². The fourth-order valence-corrected chi connectivity index (χ4v) is 2.41. The van der Waals surface area contributed by atoms with Crippen LogP contribution in [-0.2, 0) is 0 Å². The van der Waals surface area contributed by atoms with Gasteiger partial charge in [0.05, 0.1) is 0 Å². The summed E-state index contributed by atoms with van der Waals surface area (Å²) in [6.07, 6.45) is 0.377. The summed E-state index contributed by atoms with van der Waals surface area (Å²) in [7, 11) is -2.05. The zero-order valence-corrected chi connectivity index (χ0v) is 13.6. The topological polar surface area (TPSA) is 26.3 Å². The molecule has 0 aliphatic heterocycles. The largest absolute Gasteiger partial charge is 0.542 e. The summed E-state index contributed by atoms with van der Waals surface area (Å²) in [6, 6.07) is 4.48. The van der Waals surface area contributed by atoms with Crippen molar-refractivity contribution in [3.05, 3.63) is 29.6 Å². The number of carbonyl (C=O) groups is 1. The highest BCUT2D eigenvalue weighted by Gasteiger charge is 2.39. The van der Waals surface area contributed by atoms with E-state index in [-0.39, 0.29) is 16.6 Å². The van der Waals surface area contributed by atoms with E-state index in [2.05, 4.69) is 33.9 Å². The molecule has 1 aromatic carbocycles. The van der Waals surface area contributed by atoms with Crippen molar-refractivity contribution in [1.82, 2.24) is 0 Å². The first-order valence-corrected chi connectivity index (χ1v) is 9.51. The minimum atomic E-state index is -2.05. The Morgan fingerprint density at radius 1 is 1.32 bits per heavy atom. The molecule has 0 atom stereocenters. The molecule has 0 spiro atoms. The van der Waals surface area contributed by atoms with Crippen molar-refractivity contribution < 1.29 is 13.6 Å². The Balaban J connectivity index is 3.02. The van der Waals surface area contributed by atoms with Gasteiger partial charge in [-0.15, -0.1) is 0 Å². The van der Waals surface area contributed by atoms with Crippen molar-refractivity contribution in [2.24, 2.45) is 0 Å². The monoisotopic (exact) mass is 282 g/mol. The Labute approximate surface area is 116 Å². The van der Waals surface area contributed by atoms with Gasteiger partial charge in [0.15, 0.2) is 11.6 Å². The lowest BCUT2D eigenvalue weighted by atomic mass is 10.1. The standard InChI is InChI=1S/C15H23FO2Si/c1-7-13(17)11-8-9-14(12(16)10-11)18-19(5,6)15(2,3)4/h8-10H,7H2,1-6H3. The summed E-state index contributed by atoms with van der Waals surface area (Å²) < 4.78 is 19.9. The second-order valence-corrected chi connectivity index (χ2v) is 11.0. The SMILES string of the molecule is CCC(=O)c1ccc(O[Si](C)(C)C(C)(C)C)c(F)c1. The maximum Gasteiger partial charge on any atom is 0.250 e. The molecule has 2 nitrogen and oxygen atoms in total. The van der Waals surface area contributed by atoms with Crippen LogP contribution in [0.2, 0.25) is 18.1 Å². The van der Waals surface area contributed by atoms with Gasteiger partial charge in [-0.2, -0.15) is 0 Å². The van der Waals surface area contributed by atoms with Crippen LogP contribution >= 0.6 is 0 Å². The molecule has 0 aliphatic rings. The van der Waals surface area contributed by atoms with Crippen LogP contribution in [0, 0.1) is 5.82 Å². The smallest absolute Gasteiger partial charge is 0.250 e. The zero-order chi connectivity index (χ0) is 14.8. The quantitative estimate of drug-likeness (QED) is 0.585. The third-order valence-electron chi connectivity index (χ3n) is 3.75.